The molecule has 2 aromatic rings. The predicted octanol–water partition coefficient (Wildman–Crippen LogP) is 4.59. The molecule has 1 saturated heterocycles. The van der Waals surface area contributed by atoms with Crippen molar-refractivity contribution in [2.45, 2.75) is 6.92 Å². The Morgan fingerprint density at radius 2 is 2.03 bits per heavy atom. The second-order valence-electron chi connectivity index (χ2n) is 5.92. The van der Waals surface area contributed by atoms with Gasteiger partial charge in [0.25, 0.3) is 5.91 Å². The summed E-state index contributed by atoms with van der Waals surface area (Å²) in [4.78, 5) is 29.3. The van der Waals surface area contributed by atoms with Gasteiger partial charge in [-0.15, -0.1) is 0 Å². The molecule has 29 heavy (non-hydrogen) atoms. The largest absolute Gasteiger partial charge is 0.500 e. The van der Waals surface area contributed by atoms with Crippen molar-refractivity contribution >= 4 is 51.9 Å². The molecule has 10 heteroatoms. The number of aliphatic imine (C=N–C) groups is 1. The van der Waals surface area contributed by atoms with Gasteiger partial charge in [0.2, 0.25) is 5.75 Å². The maximum absolute atomic E-state index is 12.6. The molecule has 1 N–H and O–H groups in total. The first-order valence-electron chi connectivity index (χ1n) is 8.46. The number of ether oxygens (including phenoxy) is 1. The highest BCUT2D eigenvalue weighted by Crippen LogP contribution is 2.39. The van der Waals surface area contributed by atoms with E-state index in [1.54, 1.807) is 38.2 Å². The van der Waals surface area contributed by atoms with E-state index >= 15 is 0 Å². The number of carbonyl (C=O) groups excluding carboxylic acids is 1. The third-order valence-electron chi connectivity index (χ3n) is 3.93. The first kappa shape index (κ1) is 20.7. The number of aromatic hydroxyl groups is 1. The fourth-order valence-electron chi connectivity index (χ4n) is 2.53. The number of benzene rings is 2. The molecular weight excluding hydrogens is 418 g/mol. The van der Waals surface area contributed by atoms with Crippen molar-refractivity contribution in [1.29, 1.82) is 0 Å². The van der Waals surface area contributed by atoms with Gasteiger partial charge in [0.1, 0.15) is 0 Å². The van der Waals surface area contributed by atoms with Gasteiger partial charge in [-0.05, 0) is 60.7 Å². The van der Waals surface area contributed by atoms with E-state index in [1.165, 1.54) is 23.1 Å². The lowest BCUT2D eigenvalue weighted by atomic mass is 10.1. The number of amides is 1. The number of hydrogen-bond acceptors (Lipinski definition) is 7. The average Bonchev–Trinajstić information content (AvgIpc) is 2.94. The van der Waals surface area contributed by atoms with Crippen LogP contribution >= 0.6 is 23.4 Å². The number of nitro benzene ring substituents is 1. The van der Waals surface area contributed by atoms with Crippen LogP contribution in [-0.2, 0) is 4.79 Å². The number of rotatable bonds is 5. The molecular formula is C19H16ClN3O5S. The van der Waals surface area contributed by atoms with Crippen molar-refractivity contribution in [3.05, 3.63) is 62.0 Å². The van der Waals surface area contributed by atoms with Crippen LogP contribution in [0.5, 0.6) is 11.5 Å². The van der Waals surface area contributed by atoms with Crippen molar-refractivity contribution in [2.24, 2.45) is 4.99 Å². The molecule has 150 valence electrons. The van der Waals surface area contributed by atoms with E-state index in [4.69, 9.17) is 16.3 Å². The summed E-state index contributed by atoms with van der Waals surface area (Å²) >= 11 is 7.01. The molecule has 1 amide bonds. The molecule has 0 radical (unpaired) electrons. The second kappa shape index (κ2) is 8.54. The molecule has 1 fully saturated rings. The lowest BCUT2D eigenvalue weighted by molar-refractivity contribution is -0.386. The molecule has 0 unspecified atom stereocenters. The number of likely N-dealkylation sites (N-methyl/N-ethyl adjacent to an activating group) is 1. The summed E-state index contributed by atoms with van der Waals surface area (Å²) < 4.78 is 5.27. The molecule has 3 rings (SSSR count). The van der Waals surface area contributed by atoms with Gasteiger partial charge in [-0.25, -0.2) is 4.99 Å². The van der Waals surface area contributed by atoms with Crippen LogP contribution in [0.25, 0.3) is 6.08 Å². The molecule has 0 atom stereocenters. The predicted molar refractivity (Wildman–Crippen MR) is 113 cm³/mol. The van der Waals surface area contributed by atoms with Crippen LogP contribution in [0.3, 0.4) is 0 Å². The van der Waals surface area contributed by atoms with E-state index < -0.39 is 16.4 Å². The van der Waals surface area contributed by atoms with Crippen LogP contribution in [0.2, 0.25) is 5.02 Å². The van der Waals surface area contributed by atoms with Gasteiger partial charge < -0.3 is 9.84 Å². The number of halogens is 1. The Labute approximate surface area is 175 Å². The van der Waals surface area contributed by atoms with Crippen molar-refractivity contribution in [3.63, 3.8) is 0 Å². The SMILES string of the molecule is CCOc1cc(C=C2SC(=Nc3ccc(Cl)cc3)N(C)C2=O)cc([N+](=O)[O-])c1O. The minimum absolute atomic E-state index is 0.0209. The summed E-state index contributed by atoms with van der Waals surface area (Å²) in [5.41, 5.74) is 0.494. The van der Waals surface area contributed by atoms with Gasteiger partial charge in [-0.3, -0.25) is 19.8 Å². The molecule has 1 aliphatic heterocycles. The van der Waals surface area contributed by atoms with E-state index in [0.717, 1.165) is 11.8 Å². The van der Waals surface area contributed by atoms with E-state index in [9.17, 15) is 20.0 Å². The number of nitrogens with zero attached hydrogens (tertiary/aromatic N) is 3. The first-order valence-corrected chi connectivity index (χ1v) is 9.65. The Hall–Kier alpha value is -3.04. The van der Waals surface area contributed by atoms with Gasteiger partial charge >= 0.3 is 5.69 Å². The highest BCUT2D eigenvalue weighted by molar-refractivity contribution is 8.18. The van der Waals surface area contributed by atoms with E-state index in [1.807, 2.05) is 0 Å². The average molecular weight is 434 g/mol. The Balaban J connectivity index is 1.97. The number of thioether (sulfide) groups is 1. The summed E-state index contributed by atoms with van der Waals surface area (Å²) in [6.45, 7) is 1.92. The molecule has 1 aliphatic rings. The minimum Gasteiger partial charge on any atom is -0.500 e. The Kier molecular flexibility index (Phi) is 6.09. The van der Waals surface area contributed by atoms with Crippen LogP contribution in [0, 0.1) is 10.1 Å². The molecule has 0 aromatic heterocycles. The van der Waals surface area contributed by atoms with Crippen LogP contribution in [-0.4, -0.2) is 39.7 Å². The topological polar surface area (TPSA) is 105 Å². The molecule has 8 nitrogen and oxygen atoms in total. The number of phenolic OH excluding ortho intramolecular Hbond substituents is 1. The summed E-state index contributed by atoms with van der Waals surface area (Å²) in [5.74, 6) is -0.865. The van der Waals surface area contributed by atoms with Crippen molar-refractivity contribution in [1.82, 2.24) is 4.90 Å². The third kappa shape index (κ3) is 4.52. The standard InChI is InChI=1S/C19H16ClN3O5S/c1-3-28-15-9-11(8-14(17(15)24)23(26)27)10-16-18(25)22(2)19(29-16)21-13-6-4-12(20)5-7-13/h4-10,24H,3H2,1-2H3. The zero-order valence-electron chi connectivity index (χ0n) is 15.5. The van der Waals surface area contributed by atoms with Crippen molar-refractivity contribution in [3.8, 4) is 11.5 Å². The van der Waals surface area contributed by atoms with Crippen LogP contribution in [0.15, 0.2) is 46.3 Å². The fraction of sp³-hybridized carbons (Fsp3) is 0.158. The fourth-order valence-corrected chi connectivity index (χ4v) is 3.64. The molecule has 0 spiro atoms. The summed E-state index contributed by atoms with van der Waals surface area (Å²) in [6, 6.07) is 9.49. The molecule has 1 heterocycles. The Bertz CT molecular complexity index is 1040. The zero-order chi connectivity index (χ0) is 21.1. The lowest BCUT2D eigenvalue weighted by Crippen LogP contribution is -2.23. The number of nitro groups is 1. The number of phenols is 1. The highest BCUT2D eigenvalue weighted by atomic mass is 35.5. The van der Waals surface area contributed by atoms with E-state index in [-0.39, 0.29) is 18.3 Å². The van der Waals surface area contributed by atoms with Crippen LogP contribution in [0.4, 0.5) is 11.4 Å². The third-order valence-corrected chi connectivity index (χ3v) is 5.24. The monoisotopic (exact) mass is 433 g/mol. The Morgan fingerprint density at radius 3 is 2.66 bits per heavy atom. The smallest absolute Gasteiger partial charge is 0.315 e. The molecule has 0 bridgehead atoms. The molecule has 0 saturated carbocycles. The number of amidine groups is 1. The van der Waals surface area contributed by atoms with Crippen LogP contribution < -0.4 is 4.74 Å². The number of carbonyl (C=O) groups is 1. The first-order chi connectivity index (χ1) is 13.8. The van der Waals surface area contributed by atoms with Gasteiger partial charge in [-0.1, -0.05) is 11.6 Å². The summed E-state index contributed by atoms with van der Waals surface area (Å²) in [5, 5.41) is 22.3. The Morgan fingerprint density at radius 1 is 1.34 bits per heavy atom. The maximum atomic E-state index is 12.6. The molecule has 0 aliphatic carbocycles. The minimum atomic E-state index is -0.705. The van der Waals surface area contributed by atoms with E-state index in [0.29, 0.717) is 26.3 Å². The maximum Gasteiger partial charge on any atom is 0.315 e. The van der Waals surface area contributed by atoms with Gasteiger partial charge in [0.05, 0.1) is 22.1 Å². The van der Waals surface area contributed by atoms with Crippen molar-refractivity contribution < 1.29 is 19.6 Å². The second-order valence-corrected chi connectivity index (χ2v) is 7.37. The summed E-state index contributed by atoms with van der Waals surface area (Å²) in [6.07, 6.45) is 1.50. The van der Waals surface area contributed by atoms with Crippen molar-refractivity contribution in [2.75, 3.05) is 13.7 Å². The normalized spacial score (nSPS) is 16.7. The lowest BCUT2D eigenvalue weighted by Gasteiger charge is -2.08. The zero-order valence-corrected chi connectivity index (χ0v) is 17.0. The van der Waals surface area contributed by atoms with Gasteiger partial charge in [0, 0.05) is 18.1 Å². The van der Waals surface area contributed by atoms with Gasteiger partial charge in [0.15, 0.2) is 10.9 Å². The molecule has 2 aromatic carbocycles. The summed E-state index contributed by atoms with van der Waals surface area (Å²) in [7, 11) is 1.59. The quantitative estimate of drug-likeness (QED) is 0.420. The highest BCUT2D eigenvalue weighted by Gasteiger charge is 2.31. The van der Waals surface area contributed by atoms with Crippen LogP contribution in [0.1, 0.15) is 12.5 Å². The number of hydrogen-bond donors (Lipinski definition) is 1. The van der Waals surface area contributed by atoms with Gasteiger partial charge in [-0.2, -0.15) is 0 Å². The van der Waals surface area contributed by atoms with E-state index in [2.05, 4.69) is 4.99 Å².